The lowest BCUT2D eigenvalue weighted by Gasteiger charge is -2.02. The van der Waals surface area contributed by atoms with Crippen molar-refractivity contribution in [3.05, 3.63) is 41.1 Å². The number of nitrogens with one attached hydrogen (secondary N) is 1. The van der Waals surface area contributed by atoms with Crippen LogP contribution in [0, 0.1) is 13.8 Å². The zero-order valence-electron chi connectivity index (χ0n) is 9.66. The number of Topliss-reactive ketones (excluding diaryl/α,β-unsaturated/α-hetero) is 1. The number of aromatic nitrogens is 2. The Morgan fingerprint density at radius 2 is 2.00 bits per heavy atom. The molecule has 1 aromatic carbocycles. The molecule has 2 aromatic rings. The first kappa shape index (κ1) is 10.6. The summed E-state index contributed by atoms with van der Waals surface area (Å²) in [5.74, 6) is 0.00325. The Labute approximate surface area is 94.5 Å². The van der Waals surface area contributed by atoms with Crippen LogP contribution in [-0.2, 0) is 0 Å². The number of carbonyl (C=O) groups excluding carboxylic acids is 1. The van der Waals surface area contributed by atoms with E-state index in [1.807, 2.05) is 19.1 Å². The molecule has 0 fully saturated rings. The lowest BCUT2D eigenvalue weighted by Crippen LogP contribution is -1.90. The number of nitrogens with zero attached hydrogens (tertiary/aromatic N) is 1. The summed E-state index contributed by atoms with van der Waals surface area (Å²) in [6.07, 6.45) is 0. The molecule has 0 bridgehead atoms. The highest BCUT2D eigenvalue weighted by Crippen LogP contribution is 2.22. The molecule has 0 saturated heterocycles. The average Bonchev–Trinajstić information content (AvgIpc) is 2.66. The number of benzene rings is 1. The highest BCUT2D eigenvalue weighted by Gasteiger charge is 2.08. The van der Waals surface area contributed by atoms with Crippen molar-refractivity contribution in [1.82, 2.24) is 10.2 Å². The molecular weight excluding hydrogens is 200 g/mol. The van der Waals surface area contributed by atoms with E-state index in [0.717, 1.165) is 11.3 Å². The third-order valence-corrected chi connectivity index (χ3v) is 2.62. The van der Waals surface area contributed by atoms with Gasteiger partial charge in [-0.05, 0) is 25.5 Å². The van der Waals surface area contributed by atoms with Crippen LogP contribution in [0.1, 0.15) is 28.5 Å². The fourth-order valence-electron chi connectivity index (χ4n) is 1.74. The van der Waals surface area contributed by atoms with E-state index < -0.39 is 0 Å². The van der Waals surface area contributed by atoms with Gasteiger partial charge in [-0.1, -0.05) is 23.8 Å². The predicted molar refractivity (Wildman–Crippen MR) is 63.5 cm³/mol. The molecule has 2 rings (SSSR count). The number of aromatic amines is 1. The Hall–Kier alpha value is -1.90. The summed E-state index contributed by atoms with van der Waals surface area (Å²) in [6.45, 7) is 5.63. The molecule has 0 aliphatic rings. The normalized spacial score (nSPS) is 10.4. The molecule has 0 amide bonds. The van der Waals surface area contributed by atoms with E-state index in [9.17, 15) is 4.79 Å². The lowest BCUT2D eigenvalue weighted by molar-refractivity contribution is 0.101. The van der Waals surface area contributed by atoms with Crippen LogP contribution >= 0.6 is 0 Å². The van der Waals surface area contributed by atoms with Gasteiger partial charge in [0.05, 0.1) is 5.69 Å². The smallest absolute Gasteiger partial charge is 0.177 e. The maximum absolute atomic E-state index is 11.2. The molecule has 0 aliphatic carbocycles. The van der Waals surface area contributed by atoms with Crippen LogP contribution in [0.5, 0.6) is 0 Å². The van der Waals surface area contributed by atoms with Gasteiger partial charge >= 0.3 is 0 Å². The van der Waals surface area contributed by atoms with E-state index in [1.54, 1.807) is 6.07 Å². The molecule has 3 nitrogen and oxygen atoms in total. The van der Waals surface area contributed by atoms with Gasteiger partial charge in [-0.15, -0.1) is 0 Å². The van der Waals surface area contributed by atoms with Crippen LogP contribution < -0.4 is 0 Å². The first-order valence-corrected chi connectivity index (χ1v) is 5.22. The third kappa shape index (κ3) is 1.89. The van der Waals surface area contributed by atoms with Crippen LogP contribution in [0.2, 0.25) is 0 Å². The number of rotatable bonds is 2. The van der Waals surface area contributed by atoms with Gasteiger partial charge in [0, 0.05) is 12.5 Å². The average molecular weight is 214 g/mol. The van der Waals surface area contributed by atoms with Gasteiger partial charge < -0.3 is 0 Å². The van der Waals surface area contributed by atoms with Gasteiger partial charge in [0.25, 0.3) is 0 Å². The van der Waals surface area contributed by atoms with Crippen LogP contribution in [0.4, 0.5) is 0 Å². The first-order valence-electron chi connectivity index (χ1n) is 5.22. The van der Waals surface area contributed by atoms with Gasteiger partial charge in [-0.25, -0.2) is 0 Å². The van der Waals surface area contributed by atoms with Crippen molar-refractivity contribution in [3.8, 4) is 11.3 Å². The van der Waals surface area contributed by atoms with Gasteiger partial charge in [0.1, 0.15) is 5.69 Å². The van der Waals surface area contributed by atoms with Crippen LogP contribution in [-0.4, -0.2) is 16.0 Å². The van der Waals surface area contributed by atoms with Gasteiger partial charge in [-0.3, -0.25) is 9.89 Å². The number of H-pyrrole nitrogens is 1. The van der Waals surface area contributed by atoms with E-state index in [4.69, 9.17) is 0 Å². The molecule has 0 unspecified atom stereocenters. The molecule has 82 valence electrons. The maximum atomic E-state index is 11.2. The maximum Gasteiger partial charge on any atom is 0.177 e. The zero-order valence-corrected chi connectivity index (χ0v) is 9.66. The summed E-state index contributed by atoms with van der Waals surface area (Å²) in [6, 6.07) is 7.98. The second-order valence-electron chi connectivity index (χ2n) is 4.04. The Morgan fingerprint density at radius 3 is 2.56 bits per heavy atom. The minimum atomic E-state index is 0.00325. The van der Waals surface area contributed by atoms with Crippen LogP contribution in [0.3, 0.4) is 0 Å². The molecular formula is C13H14N2O. The molecule has 3 heteroatoms. The van der Waals surface area contributed by atoms with E-state index in [2.05, 4.69) is 23.2 Å². The minimum Gasteiger partial charge on any atom is -0.293 e. The largest absolute Gasteiger partial charge is 0.293 e. The molecule has 0 radical (unpaired) electrons. The van der Waals surface area contributed by atoms with Crippen molar-refractivity contribution in [2.75, 3.05) is 0 Å². The first-order chi connectivity index (χ1) is 7.58. The molecule has 0 aliphatic heterocycles. The zero-order chi connectivity index (χ0) is 11.7. The molecule has 1 N–H and O–H groups in total. The molecule has 0 spiro atoms. The van der Waals surface area contributed by atoms with Gasteiger partial charge in [-0.2, -0.15) is 5.10 Å². The second kappa shape index (κ2) is 3.93. The monoisotopic (exact) mass is 214 g/mol. The van der Waals surface area contributed by atoms with E-state index >= 15 is 0 Å². The van der Waals surface area contributed by atoms with Gasteiger partial charge in [0.15, 0.2) is 5.78 Å². The standard InChI is InChI=1S/C13H14N2O/c1-8-4-5-11(9(2)6-8)13-7-12(10(3)16)14-15-13/h4-7H,1-3H3,(H,14,15). The Balaban J connectivity index is 2.46. The minimum absolute atomic E-state index is 0.00325. The second-order valence-corrected chi connectivity index (χ2v) is 4.04. The number of carbonyl (C=O) groups is 1. The summed E-state index contributed by atoms with van der Waals surface area (Å²) in [7, 11) is 0. The van der Waals surface area contributed by atoms with E-state index in [0.29, 0.717) is 5.69 Å². The van der Waals surface area contributed by atoms with Crippen molar-refractivity contribution >= 4 is 5.78 Å². The summed E-state index contributed by atoms with van der Waals surface area (Å²) in [5.41, 5.74) is 4.83. The Kier molecular flexibility index (Phi) is 2.60. The van der Waals surface area contributed by atoms with Crippen molar-refractivity contribution < 1.29 is 4.79 Å². The number of ketones is 1. The van der Waals surface area contributed by atoms with Crippen LogP contribution in [0.25, 0.3) is 11.3 Å². The molecule has 0 atom stereocenters. The fraction of sp³-hybridized carbons (Fsp3) is 0.231. The predicted octanol–water partition coefficient (Wildman–Crippen LogP) is 2.90. The highest BCUT2D eigenvalue weighted by atomic mass is 16.1. The molecule has 1 aromatic heterocycles. The number of hydrogen-bond acceptors (Lipinski definition) is 2. The van der Waals surface area contributed by atoms with Gasteiger partial charge in [0.2, 0.25) is 0 Å². The van der Waals surface area contributed by atoms with Crippen molar-refractivity contribution in [2.24, 2.45) is 0 Å². The summed E-state index contributed by atoms with van der Waals surface area (Å²) >= 11 is 0. The highest BCUT2D eigenvalue weighted by molar-refractivity contribution is 5.93. The topological polar surface area (TPSA) is 45.8 Å². The quantitative estimate of drug-likeness (QED) is 0.781. The van der Waals surface area contributed by atoms with E-state index in [1.165, 1.54) is 18.1 Å². The SMILES string of the molecule is CC(=O)c1cc(-c2ccc(C)cc2C)n[nH]1. The molecule has 1 heterocycles. The molecule has 0 saturated carbocycles. The Morgan fingerprint density at radius 1 is 1.25 bits per heavy atom. The number of hydrogen-bond donors (Lipinski definition) is 1. The summed E-state index contributed by atoms with van der Waals surface area (Å²) < 4.78 is 0. The number of aryl methyl sites for hydroxylation is 2. The summed E-state index contributed by atoms with van der Waals surface area (Å²) in [5, 5.41) is 6.90. The Bertz CT molecular complexity index is 541. The van der Waals surface area contributed by atoms with Crippen LogP contribution in [0.15, 0.2) is 24.3 Å². The van der Waals surface area contributed by atoms with Crippen molar-refractivity contribution in [2.45, 2.75) is 20.8 Å². The lowest BCUT2D eigenvalue weighted by atomic mass is 10.0. The summed E-state index contributed by atoms with van der Waals surface area (Å²) in [4.78, 5) is 11.2. The third-order valence-electron chi connectivity index (χ3n) is 2.62. The van der Waals surface area contributed by atoms with E-state index in [-0.39, 0.29) is 5.78 Å². The fourth-order valence-corrected chi connectivity index (χ4v) is 1.74. The van der Waals surface area contributed by atoms with Crippen molar-refractivity contribution in [1.29, 1.82) is 0 Å². The molecule has 16 heavy (non-hydrogen) atoms. The van der Waals surface area contributed by atoms with Crippen molar-refractivity contribution in [3.63, 3.8) is 0 Å².